The number of benzene rings is 2. The van der Waals surface area contributed by atoms with Gasteiger partial charge in [0.25, 0.3) is 0 Å². The molecule has 0 fully saturated rings. The van der Waals surface area contributed by atoms with Gasteiger partial charge in [-0.2, -0.15) is 0 Å². The summed E-state index contributed by atoms with van der Waals surface area (Å²) in [6, 6.07) is 12.7. The largest absolute Gasteiger partial charge is 0.496 e. The van der Waals surface area contributed by atoms with Gasteiger partial charge in [0.2, 0.25) is 0 Å². The molecule has 106 valence electrons. The average Bonchev–Trinajstić information content (AvgIpc) is 2.48. The molecule has 1 atom stereocenters. The lowest BCUT2D eigenvalue weighted by molar-refractivity contribution is 0.401. The molecule has 2 nitrogen and oxygen atoms in total. The monoisotopic (exact) mass is 337 g/mol. The van der Waals surface area contributed by atoms with E-state index in [0.717, 1.165) is 21.3 Å². The van der Waals surface area contributed by atoms with E-state index >= 15 is 0 Å². The van der Waals surface area contributed by atoms with Gasteiger partial charge in [0.05, 0.1) is 7.11 Å². The predicted octanol–water partition coefficient (Wildman–Crippen LogP) is 4.10. The second-order valence-electron chi connectivity index (χ2n) is 4.52. The zero-order valence-corrected chi connectivity index (χ0v) is 13.1. The molecule has 0 radical (unpaired) electrons. The summed E-state index contributed by atoms with van der Waals surface area (Å²) < 4.78 is 19.7. The van der Waals surface area contributed by atoms with E-state index in [1.807, 2.05) is 31.3 Å². The quantitative estimate of drug-likeness (QED) is 0.886. The highest BCUT2D eigenvalue weighted by Gasteiger charge is 2.16. The first-order valence-corrected chi connectivity index (χ1v) is 7.19. The van der Waals surface area contributed by atoms with Crippen LogP contribution in [0.25, 0.3) is 0 Å². The second kappa shape index (κ2) is 6.86. The number of para-hydroxylation sites is 1. The zero-order valence-electron chi connectivity index (χ0n) is 11.5. The molecule has 1 unspecified atom stereocenters. The van der Waals surface area contributed by atoms with Gasteiger partial charge in [0.15, 0.2) is 0 Å². The van der Waals surface area contributed by atoms with Crippen molar-refractivity contribution in [2.24, 2.45) is 0 Å². The van der Waals surface area contributed by atoms with E-state index in [1.54, 1.807) is 19.2 Å². The summed E-state index contributed by atoms with van der Waals surface area (Å²) in [4.78, 5) is 0. The lowest BCUT2D eigenvalue weighted by Gasteiger charge is -2.20. The topological polar surface area (TPSA) is 21.3 Å². The Balaban J connectivity index is 2.31. The van der Waals surface area contributed by atoms with Gasteiger partial charge in [0.1, 0.15) is 11.6 Å². The number of nitrogens with one attached hydrogen (secondary N) is 1. The van der Waals surface area contributed by atoms with Crippen LogP contribution in [0, 0.1) is 5.82 Å². The maximum Gasteiger partial charge on any atom is 0.123 e. The minimum atomic E-state index is -0.224. The Kier molecular flexibility index (Phi) is 5.15. The van der Waals surface area contributed by atoms with Gasteiger partial charge < -0.3 is 10.1 Å². The van der Waals surface area contributed by atoms with Crippen LogP contribution in [0.5, 0.6) is 5.75 Å². The normalized spacial score (nSPS) is 12.2. The number of likely N-dealkylation sites (N-methyl/N-ethyl adjacent to an activating group) is 1. The predicted molar refractivity (Wildman–Crippen MR) is 82.6 cm³/mol. The van der Waals surface area contributed by atoms with E-state index in [2.05, 4.69) is 21.2 Å². The molecule has 2 aromatic rings. The smallest absolute Gasteiger partial charge is 0.123 e. The molecule has 0 spiro atoms. The number of methoxy groups -OCH3 is 1. The van der Waals surface area contributed by atoms with Crippen LogP contribution in [0.1, 0.15) is 17.2 Å². The van der Waals surface area contributed by atoms with E-state index in [1.165, 1.54) is 6.07 Å². The van der Waals surface area contributed by atoms with Crippen molar-refractivity contribution in [3.05, 3.63) is 63.9 Å². The third-order valence-electron chi connectivity index (χ3n) is 3.29. The van der Waals surface area contributed by atoms with Crippen molar-refractivity contribution in [1.82, 2.24) is 5.32 Å². The number of ether oxygens (including phenoxy) is 1. The summed E-state index contributed by atoms with van der Waals surface area (Å²) in [5, 5.41) is 3.26. The van der Waals surface area contributed by atoms with Crippen molar-refractivity contribution < 1.29 is 9.13 Å². The fraction of sp³-hybridized carbons (Fsp3) is 0.250. The van der Waals surface area contributed by atoms with Crippen molar-refractivity contribution in [3.8, 4) is 5.75 Å². The van der Waals surface area contributed by atoms with Crippen LogP contribution in [0.15, 0.2) is 46.9 Å². The van der Waals surface area contributed by atoms with E-state index in [-0.39, 0.29) is 11.9 Å². The standard InChI is InChI=1S/C16H17BrFNO/c1-19-15(13-5-3-4-6-16(13)20-2)10-11-9-12(18)7-8-14(11)17/h3-9,15,19H,10H2,1-2H3. The maximum atomic E-state index is 13.4. The summed E-state index contributed by atoms with van der Waals surface area (Å²) in [7, 11) is 3.55. The molecule has 0 saturated carbocycles. The van der Waals surface area contributed by atoms with Gasteiger partial charge >= 0.3 is 0 Å². The Morgan fingerprint density at radius 1 is 1.25 bits per heavy atom. The zero-order chi connectivity index (χ0) is 14.5. The average molecular weight is 338 g/mol. The highest BCUT2D eigenvalue weighted by atomic mass is 79.9. The Morgan fingerprint density at radius 2 is 2.00 bits per heavy atom. The molecule has 0 aliphatic carbocycles. The van der Waals surface area contributed by atoms with E-state index in [9.17, 15) is 4.39 Å². The lowest BCUT2D eigenvalue weighted by atomic mass is 9.98. The van der Waals surface area contributed by atoms with E-state index in [0.29, 0.717) is 6.42 Å². The maximum absolute atomic E-state index is 13.4. The molecular formula is C16H17BrFNO. The van der Waals surface area contributed by atoms with Gasteiger partial charge in [-0.1, -0.05) is 34.1 Å². The molecule has 0 heterocycles. The third-order valence-corrected chi connectivity index (χ3v) is 4.07. The SMILES string of the molecule is CNC(Cc1cc(F)ccc1Br)c1ccccc1OC. The molecule has 2 rings (SSSR count). The molecule has 2 aromatic carbocycles. The molecule has 1 N–H and O–H groups in total. The fourth-order valence-corrected chi connectivity index (χ4v) is 2.65. The Bertz CT molecular complexity index is 588. The Labute approximate surface area is 127 Å². The minimum Gasteiger partial charge on any atom is -0.496 e. The van der Waals surface area contributed by atoms with Gasteiger partial charge in [-0.3, -0.25) is 0 Å². The Hall–Kier alpha value is -1.39. The number of hydrogen-bond acceptors (Lipinski definition) is 2. The fourth-order valence-electron chi connectivity index (χ4n) is 2.24. The van der Waals surface area contributed by atoms with Crippen LogP contribution >= 0.6 is 15.9 Å². The van der Waals surface area contributed by atoms with Gasteiger partial charge in [-0.15, -0.1) is 0 Å². The minimum absolute atomic E-state index is 0.0595. The molecule has 0 aromatic heterocycles. The summed E-state index contributed by atoms with van der Waals surface area (Å²) in [5.41, 5.74) is 1.99. The molecule has 0 bridgehead atoms. The van der Waals surface area contributed by atoms with Crippen LogP contribution in [-0.4, -0.2) is 14.2 Å². The highest BCUT2D eigenvalue weighted by molar-refractivity contribution is 9.10. The summed E-state index contributed by atoms with van der Waals surface area (Å²) in [5.74, 6) is 0.609. The van der Waals surface area contributed by atoms with Crippen LogP contribution < -0.4 is 10.1 Å². The van der Waals surface area contributed by atoms with E-state index < -0.39 is 0 Å². The molecule has 20 heavy (non-hydrogen) atoms. The number of rotatable bonds is 5. The van der Waals surface area contributed by atoms with Crippen LogP contribution in [0.3, 0.4) is 0 Å². The lowest BCUT2D eigenvalue weighted by Crippen LogP contribution is -2.19. The Morgan fingerprint density at radius 3 is 2.70 bits per heavy atom. The first-order chi connectivity index (χ1) is 9.65. The van der Waals surface area contributed by atoms with Gasteiger partial charge in [-0.25, -0.2) is 4.39 Å². The second-order valence-corrected chi connectivity index (χ2v) is 5.38. The van der Waals surface area contributed by atoms with Crippen molar-refractivity contribution in [2.75, 3.05) is 14.2 Å². The highest BCUT2D eigenvalue weighted by Crippen LogP contribution is 2.29. The van der Waals surface area contributed by atoms with Crippen molar-refractivity contribution in [3.63, 3.8) is 0 Å². The summed E-state index contributed by atoms with van der Waals surface area (Å²) in [6.45, 7) is 0. The van der Waals surface area contributed by atoms with Crippen molar-refractivity contribution in [2.45, 2.75) is 12.5 Å². The molecule has 4 heteroatoms. The number of halogens is 2. The summed E-state index contributed by atoms with van der Waals surface area (Å²) in [6.07, 6.45) is 0.676. The van der Waals surface area contributed by atoms with Gasteiger partial charge in [0, 0.05) is 16.1 Å². The summed E-state index contributed by atoms with van der Waals surface area (Å²) >= 11 is 3.47. The third kappa shape index (κ3) is 3.38. The molecule has 0 saturated heterocycles. The van der Waals surface area contributed by atoms with Gasteiger partial charge in [-0.05, 0) is 43.3 Å². The van der Waals surface area contributed by atoms with E-state index in [4.69, 9.17) is 4.74 Å². The van der Waals surface area contributed by atoms with Crippen LogP contribution in [0.4, 0.5) is 4.39 Å². The number of hydrogen-bond donors (Lipinski definition) is 1. The first kappa shape index (κ1) is 15.0. The van der Waals surface area contributed by atoms with Crippen LogP contribution in [-0.2, 0) is 6.42 Å². The molecule has 0 amide bonds. The van der Waals surface area contributed by atoms with Crippen LogP contribution in [0.2, 0.25) is 0 Å². The first-order valence-electron chi connectivity index (χ1n) is 6.39. The molecule has 0 aliphatic rings. The molecular weight excluding hydrogens is 321 g/mol. The molecule has 0 aliphatic heterocycles. The van der Waals surface area contributed by atoms with Crippen molar-refractivity contribution >= 4 is 15.9 Å². The van der Waals surface area contributed by atoms with Crippen molar-refractivity contribution in [1.29, 1.82) is 0 Å².